The molecule has 0 aliphatic heterocycles. The van der Waals surface area contributed by atoms with E-state index < -0.39 is 0 Å². The molecule has 0 spiro atoms. The highest BCUT2D eigenvalue weighted by Gasteiger charge is 2.24. The number of nitrogens with zero attached hydrogens (tertiary/aromatic N) is 1. The van der Waals surface area contributed by atoms with Crippen molar-refractivity contribution in [2.45, 2.75) is 38.6 Å². The molecule has 0 N–H and O–H groups in total. The van der Waals surface area contributed by atoms with Crippen LogP contribution >= 0.6 is 0 Å². The van der Waals surface area contributed by atoms with Gasteiger partial charge in [-0.15, -0.1) is 0 Å². The monoisotopic (exact) mass is 249 g/mol. The minimum atomic E-state index is -0.235. The second kappa shape index (κ2) is 5.98. The Bertz CT molecular complexity index is 413. The zero-order valence-corrected chi connectivity index (χ0v) is 10.9. The number of amides is 1. The van der Waals surface area contributed by atoms with Gasteiger partial charge < -0.3 is 4.90 Å². The van der Waals surface area contributed by atoms with E-state index >= 15 is 0 Å². The first-order valence-electron chi connectivity index (χ1n) is 6.67. The normalized spacial score (nSPS) is 16.6. The molecule has 0 bridgehead atoms. The Labute approximate surface area is 108 Å². The molecular weight excluding hydrogens is 229 g/mol. The van der Waals surface area contributed by atoms with Crippen molar-refractivity contribution in [3.05, 3.63) is 35.6 Å². The highest BCUT2D eigenvalue weighted by Crippen LogP contribution is 2.25. The van der Waals surface area contributed by atoms with Crippen molar-refractivity contribution in [2.75, 3.05) is 7.05 Å². The summed E-state index contributed by atoms with van der Waals surface area (Å²) >= 11 is 0. The van der Waals surface area contributed by atoms with Gasteiger partial charge in [-0.2, -0.15) is 0 Å². The molecule has 0 aromatic heterocycles. The van der Waals surface area contributed by atoms with Gasteiger partial charge in [0.1, 0.15) is 5.82 Å². The number of hydrogen-bond donors (Lipinski definition) is 0. The van der Waals surface area contributed by atoms with Gasteiger partial charge in [-0.25, -0.2) is 4.39 Å². The highest BCUT2D eigenvalue weighted by atomic mass is 19.1. The number of carbonyl (C=O) groups excluding carboxylic acids is 1. The molecule has 98 valence electrons. The molecule has 0 heterocycles. The number of carbonyl (C=O) groups is 1. The van der Waals surface area contributed by atoms with Gasteiger partial charge in [0.15, 0.2) is 0 Å². The molecule has 1 aliphatic carbocycles. The number of benzene rings is 1. The molecule has 2 rings (SSSR count). The Balaban J connectivity index is 1.96. The Morgan fingerprint density at radius 1 is 1.28 bits per heavy atom. The van der Waals surface area contributed by atoms with Gasteiger partial charge in [0, 0.05) is 25.1 Å². The smallest absolute Gasteiger partial charge is 0.225 e. The van der Waals surface area contributed by atoms with Crippen LogP contribution in [0.25, 0.3) is 0 Å². The lowest BCUT2D eigenvalue weighted by Gasteiger charge is -2.26. The van der Waals surface area contributed by atoms with Crippen LogP contribution in [-0.4, -0.2) is 17.9 Å². The molecule has 2 nitrogen and oxygen atoms in total. The fourth-order valence-corrected chi connectivity index (χ4v) is 2.62. The largest absolute Gasteiger partial charge is 0.341 e. The summed E-state index contributed by atoms with van der Waals surface area (Å²) in [5, 5.41) is 0. The minimum absolute atomic E-state index is 0.149. The van der Waals surface area contributed by atoms with Crippen molar-refractivity contribution in [3.63, 3.8) is 0 Å². The van der Waals surface area contributed by atoms with Gasteiger partial charge in [-0.1, -0.05) is 37.5 Å². The molecule has 3 heteroatoms. The first-order valence-corrected chi connectivity index (χ1v) is 6.67. The molecule has 0 atom stereocenters. The van der Waals surface area contributed by atoms with Gasteiger partial charge in [0.05, 0.1) is 0 Å². The summed E-state index contributed by atoms with van der Waals surface area (Å²) in [7, 11) is 1.77. The molecule has 0 saturated heterocycles. The summed E-state index contributed by atoms with van der Waals surface area (Å²) in [6.07, 6.45) is 5.50. The Kier molecular flexibility index (Phi) is 4.34. The van der Waals surface area contributed by atoms with Crippen molar-refractivity contribution in [1.29, 1.82) is 0 Å². The van der Waals surface area contributed by atoms with E-state index in [4.69, 9.17) is 0 Å². The maximum atomic E-state index is 13.5. The first kappa shape index (κ1) is 13.1. The highest BCUT2D eigenvalue weighted by molar-refractivity contribution is 5.78. The van der Waals surface area contributed by atoms with E-state index in [0.717, 1.165) is 25.7 Å². The topological polar surface area (TPSA) is 20.3 Å². The summed E-state index contributed by atoms with van der Waals surface area (Å²) in [5.41, 5.74) is 0.587. The predicted molar refractivity (Wildman–Crippen MR) is 69.4 cm³/mol. The molecule has 1 aromatic carbocycles. The number of hydrogen-bond acceptors (Lipinski definition) is 1. The average molecular weight is 249 g/mol. The van der Waals surface area contributed by atoms with Crippen LogP contribution in [0.15, 0.2) is 24.3 Å². The third kappa shape index (κ3) is 3.09. The molecule has 1 aliphatic rings. The standard InChI is InChI=1S/C15H20FNO/c1-17(11-13-9-5-6-10-14(13)16)15(18)12-7-3-2-4-8-12/h5-6,9-10,12H,2-4,7-8,11H2,1H3. The Hall–Kier alpha value is -1.38. The number of halogens is 1. The Morgan fingerprint density at radius 3 is 2.61 bits per heavy atom. The van der Waals surface area contributed by atoms with Crippen LogP contribution in [0.5, 0.6) is 0 Å². The summed E-state index contributed by atoms with van der Waals surface area (Å²) in [6, 6.07) is 6.65. The number of rotatable bonds is 3. The van der Waals surface area contributed by atoms with Crippen molar-refractivity contribution in [2.24, 2.45) is 5.92 Å². The predicted octanol–water partition coefficient (Wildman–Crippen LogP) is 3.36. The molecule has 18 heavy (non-hydrogen) atoms. The van der Waals surface area contributed by atoms with Crippen molar-refractivity contribution in [3.8, 4) is 0 Å². The van der Waals surface area contributed by atoms with E-state index in [1.807, 2.05) is 0 Å². The lowest BCUT2D eigenvalue weighted by atomic mass is 9.88. The fraction of sp³-hybridized carbons (Fsp3) is 0.533. The fourth-order valence-electron chi connectivity index (χ4n) is 2.62. The van der Waals surface area contributed by atoms with Gasteiger partial charge in [-0.3, -0.25) is 4.79 Å². The maximum Gasteiger partial charge on any atom is 0.225 e. The lowest BCUT2D eigenvalue weighted by Crippen LogP contribution is -2.33. The van der Waals surface area contributed by atoms with Crippen LogP contribution in [0.2, 0.25) is 0 Å². The second-order valence-corrected chi connectivity index (χ2v) is 5.12. The van der Waals surface area contributed by atoms with Gasteiger partial charge in [0.2, 0.25) is 5.91 Å². The Morgan fingerprint density at radius 2 is 1.94 bits per heavy atom. The van der Waals surface area contributed by atoms with Crippen molar-refractivity contribution in [1.82, 2.24) is 4.90 Å². The molecule has 1 amide bonds. The van der Waals surface area contributed by atoms with Crippen LogP contribution in [0.3, 0.4) is 0 Å². The van der Waals surface area contributed by atoms with Crippen molar-refractivity contribution < 1.29 is 9.18 Å². The van der Waals surface area contributed by atoms with Crippen LogP contribution in [0.4, 0.5) is 4.39 Å². The van der Waals surface area contributed by atoms with E-state index in [-0.39, 0.29) is 17.6 Å². The minimum Gasteiger partial charge on any atom is -0.341 e. The molecule has 1 saturated carbocycles. The van der Waals surface area contributed by atoms with Crippen LogP contribution in [-0.2, 0) is 11.3 Å². The van der Waals surface area contributed by atoms with Gasteiger partial charge in [0.25, 0.3) is 0 Å². The van der Waals surface area contributed by atoms with Gasteiger partial charge >= 0.3 is 0 Å². The third-order valence-electron chi connectivity index (χ3n) is 3.70. The zero-order chi connectivity index (χ0) is 13.0. The molecule has 0 unspecified atom stereocenters. The summed E-state index contributed by atoms with van der Waals surface area (Å²) in [4.78, 5) is 13.9. The first-order chi connectivity index (χ1) is 8.68. The average Bonchev–Trinajstić information content (AvgIpc) is 2.41. The van der Waals surface area contributed by atoms with E-state index in [9.17, 15) is 9.18 Å². The van der Waals surface area contributed by atoms with E-state index in [2.05, 4.69) is 0 Å². The molecule has 1 fully saturated rings. The second-order valence-electron chi connectivity index (χ2n) is 5.12. The summed E-state index contributed by atoms with van der Waals surface area (Å²) in [6.45, 7) is 0.363. The molecular formula is C15H20FNO. The van der Waals surface area contributed by atoms with Crippen molar-refractivity contribution >= 4 is 5.91 Å². The van der Waals surface area contributed by atoms with Crippen LogP contribution < -0.4 is 0 Å². The summed E-state index contributed by atoms with van der Waals surface area (Å²) < 4.78 is 13.5. The quantitative estimate of drug-likeness (QED) is 0.804. The van der Waals surface area contributed by atoms with E-state index in [1.165, 1.54) is 12.5 Å². The molecule has 1 aromatic rings. The van der Waals surface area contributed by atoms with Crippen LogP contribution in [0.1, 0.15) is 37.7 Å². The van der Waals surface area contributed by atoms with Gasteiger partial charge in [-0.05, 0) is 18.9 Å². The SMILES string of the molecule is CN(Cc1ccccc1F)C(=O)C1CCCCC1. The lowest BCUT2D eigenvalue weighted by molar-refractivity contribution is -0.135. The maximum absolute atomic E-state index is 13.5. The molecule has 0 radical (unpaired) electrons. The third-order valence-corrected chi connectivity index (χ3v) is 3.70. The van der Waals surface area contributed by atoms with Crippen LogP contribution in [0, 0.1) is 11.7 Å². The summed E-state index contributed by atoms with van der Waals surface area (Å²) in [5.74, 6) is 0.0780. The van der Waals surface area contributed by atoms with E-state index in [1.54, 1.807) is 30.1 Å². The van der Waals surface area contributed by atoms with E-state index in [0.29, 0.717) is 12.1 Å². The zero-order valence-electron chi connectivity index (χ0n) is 10.9.